The lowest BCUT2D eigenvalue weighted by Gasteiger charge is -1.83. The van der Waals surface area contributed by atoms with Gasteiger partial charge in [-0.3, -0.25) is 5.43 Å². The highest BCUT2D eigenvalue weighted by Gasteiger charge is 1.94. The lowest BCUT2D eigenvalue weighted by atomic mass is 10.8. The molecule has 0 aromatic carbocycles. The highest BCUT2D eigenvalue weighted by molar-refractivity contribution is 5.12. The van der Waals surface area contributed by atoms with E-state index in [-0.39, 0.29) is 6.01 Å². The molecule has 0 aliphatic carbocycles. The Hall–Kier alpha value is -1.10. The van der Waals surface area contributed by atoms with Crippen LogP contribution in [-0.2, 0) is 0 Å². The van der Waals surface area contributed by atoms with E-state index in [0.717, 1.165) is 0 Å². The molecule has 1 aromatic rings. The zero-order chi connectivity index (χ0) is 5.98. The quantitative estimate of drug-likeness (QED) is 0.386. The number of hydrogen-bond donors (Lipinski definition) is 2. The number of nitrogen functional groups attached to an aromatic ring is 1. The van der Waals surface area contributed by atoms with Gasteiger partial charge in [-0.2, -0.15) is 0 Å². The van der Waals surface area contributed by atoms with Crippen molar-refractivity contribution < 1.29 is 4.42 Å². The molecule has 0 radical (unpaired) electrons. The van der Waals surface area contributed by atoms with Crippen molar-refractivity contribution in [1.29, 1.82) is 0 Å². The minimum absolute atomic E-state index is 0.238. The molecule has 44 valence electrons. The van der Waals surface area contributed by atoms with E-state index in [4.69, 9.17) is 10.3 Å². The predicted molar refractivity (Wildman–Crippen MR) is 26.8 cm³/mol. The molecular weight excluding hydrogens is 108 g/mol. The van der Waals surface area contributed by atoms with Crippen molar-refractivity contribution in [2.75, 3.05) is 5.43 Å². The molecule has 0 aliphatic heterocycles. The molecule has 0 spiro atoms. The number of anilines is 1. The third-order valence-corrected chi connectivity index (χ3v) is 0.650. The number of rotatable bonds is 1. The molecule has 8 heavy (non-hydrogen) atoms. The molecule has 1 heterocycles. The zero-order valence-electron chi connectivity index (χ0n) is 4.38. The van der Waals surface area contributed by atoms with Gasteiger partial charge in [-0.25, -0.2) is 5.84 Å². The van der Waals surface area contributed by atoms with Gasteiger partial charge in [0.25, 0.3) is 0 Å². The second-order valence-corrected chi connectivity index (χ2v) is 1.27. The fraction of sp³-hybridized carbons (Fsp3) is 0.333. The number of hydrogen-bond acceptors (Lipinski definition) is 5. The molecule has 1 aromatic heterocycles. The average molecular weight is 114 g/mol. The number of aromatic nitrogens is 2. The van der Waals surface area contributed by atoms with Crippen molar-refractivity contribution in [2.24, 2.45) is 5.84 Å². The maximum atomic E-state index is 4.92. The van der Waals surface area contributed by atoms with E-state index in [2.05, 4.69) is 15.6 Å². The molecule has 1 rings (SSSR count). The summed E-state index contributed by atoms with van der Waals surface area (Å²) in [6.07, 6.45) is 0. The van der Waals surface area contributed by atoms with E-state index in [9.17, 15) is 0 Å². The third-order valence-electron chi connectivity index (χ3n) is 0.650. The minimum Gasteiger partial charge on any atom is -0.408 e. The van der Waals surface area contributed by atoms with Crippen molar-refractivity contribution in [3.8, 4) is 0 Å². The summed E-state index contributed by atoms with van der Waals surface area (Å²) in [5.41, 5.74) is 2.21. The standard InChI is InChI=1S/C3H6N4O/c1-2-6-7-3(5-4)8-2/h4H2,1H3,(H,5,7). The first kappa shape index (κ1) is 5.04. The molecular formula is C3H6N4O. The highest BCUT2D eigenvalue weighted by atomic mass is 16.4. The van der Waals surface area contributed by atoms with E-state index < -0.39 is 0 Å². The van der Waals surface area contributed by atoms with Gasteiger partial charge in [-0.15, -0.1) is 5.10 Å². The summed E-state index contributed by atoms with van der Waals surface area (Å²) in [4.78, 5) is 0. The summed E-state index contributed by atoms with van der Waals surface area (Å²) in [6.45, 7) is 1.69. The lowest BCUT2D eigenvalue weighted by Crippen LogP contribution is -2.06. The van der Waals surface area contributed by atoms with Crippen LogP contribution in [0.2, 0.25) is 0 Å². The molecule has 3 N–H and O–H groups in total. The van der Waals surface area contributed by atoms with Crippen LogP contribution in [0.5, 0.6) is 0 Å². The molecule has 0 atom stereocenters. The Morgan fingerprint density at radius 2 is 2.38 bits per heavy atom. The van der Waals surface area contributed by atoms with Gasteiger partial charge < -0.3 is 4.42 Å². The molecule has 0 bridgehead atoms. The van der Waals surface area contributed by atoms with Gasteiger partial charge in [0.05, 0.1) is 0 Å². The number of aryl methyl sites for hydroxylation is 1. The van der Waals surface area contributed by atoms with Gasteiger partial charge in [-0.05, 0) is 0 Å². The molecule has 5 nitrogen and oxygen atoms in total. The second-order valence-electron chi connectivity index (χ2n) is 1.27. The number of nitrogens with zero attached hydrogens (tertiary/aromatic N) is 2. The highest BCUT2D eigenvalue weighted by Crippen LogP contribution is 1.99. The summed E-state index contributed by atoms with van der Waals surface area (Å²) in [6, 6.07) is 0.238. The van der Waals surface area contributed by atoms with Crippen molar-refractivity contribution in [3.63, 3.8) is 0 Å². The van der Waals surface area contributed by atoms with Gasteiger partial charge in [0.2, 0.25) is 5.89 Å². The smallest absolute Gasteiger partial charge is 0.330 e. The summed E-state index contributed by atoms with van der Waals surface area (Å²) in [5, 5.41) is 7.01. The molecule has 0 amide bonds. The Morgan fingerprint density at radius 1 is 1.62 bits per heavy atom. The van der Waals surface area contributed by atoms with Crippen molar-refractivity contribution in [3.05, 3.63) is 5.89 Å². The largest absolute Gasteiger partial charge is 0.408 e. The monoisotopic (exact) mass is 114 g/mol. The fourth-order valence-corrected chi connectivity index (χ4v) is 0.355. The summed E-state index contributed by atoms with van der Waals surface area (Å²) >= 11 is 0. The third kappa shape index (κ3) is 0.760. The Morgan fingerprint density at radius 3 is 2.62 bits per heavy atom. The Balaban J connectivity index is 2.84. The van der Waals surface area contributed by atoms with Crippen LogP contribution in [0.15, 0.2) is 4.42 Å². The lowest BCUT2D eigenvalue weighted by molar-refractivity contribution is 0.532. The van der Waals surface area contributed by atoms with E-state index in [1.165, 1.54) is 0 Å². The van der Waals surface area contributed by atoms with Gasteiger partial charge in [-0.1, -0.05) is 5.10 Å². The first-order valence-electron chi connectivity index (χ1n) is 2.09. The first-order valence-corrected chi connectivity index (χ1v) is 2.09. The van der Waals surface area contributed by atoms with Crippen LogP contribution < -0.4 is 11.3 Å². The fourth-order valence-electron chi connectivity index (χ4n) is 0.355. The Bertz CT molecular complexity index is 172. The summed E-state index contributed by atoms with van der Waals surface area (Å²) in [7, 11) is 0. The second kappa shape index (κ2) is 1.79. The number of hydrazine groups is 1. The topological polar surface area (TPSA) is 77.0 Å². The molecule has 0 aliphatic rings. The van der Waals surface area contributed by atoms with Crippen LogP contribution in [0.25, 0.3) is 0 Å². The minimum atomic E-state index is 0.238. The predicted octanol–water partition coefficient (Wildman–Crippen LogP) is -0.336. The Labute approximate surface area is 45.9 Å². The van der Waals surface area contributed by atoms with Crippen molar-refractivity contribution >= 4 is 6.01 Å². The average Bonchev–Trinajstić information content (AvgIpc) is 2.14. The summed E-state index contributed by atoms with van der Waals surface area (Å²) < 4.78 is 4.77. The molecule has 0 saturated heterocycles. The van der Waals surface area contributed by atoms with Crippen LogP contribution in [0, 0.1) is 6.92 Å². The maximum Gasteiger partial charge on any atom is 0.330 e. The number of nitrogens with one attached hydrogen (secondary N) is 1. The van der Waals surface area contributed by atoms with Gasteiger partial charge in [0.15, 0.2) is 0 Å². The van der Waals surface area contributed by atoms with Gasteiger partial charge in [0.1, 0.15) is 0 Å². The van der Waals surface area contributed by atoms with Crippen molar-refractivity contribution in [2.45, 2.75) is 6.92 Å². The van der Waals surface area contributed by atoms with Crippen LogP contribution >= 0.6 is 0 Å². The van der Waals surface area contributed by atoms with Crippen molar-refractivity contribution in [1.82, 2.24) is 10.2 Å². The van der Waals surface area contributed by atoms with Crippen LogP contribution in [0.4, 0.5) is 6.01 Å². The molecule has 0 unspecified atom stereocenters. The van der Waals surface area contributed by atoms with Gasteiger partial charge >= 0.3 is 6.01 Å². The van der Waals surface area contributed by atoms with E-state index in [1.54, 1.807) is 6.92 Å². The van der Waals surface area contributed by atoms with E-state index >= 15 is 0 Å². The first-order chi connectivity index (χ1) is 3.83. The molecule has 0 fully saturated rings. The normalized spacial score (nSPS) is 9.25. The van der Waals surface area contributed by atoms with Gasteiger partial charge in [0, 0.05) is 6.92 Å². The van der Waals surface area contributed by atoms with Crippen LogP contribution in [0.1, 0.15) is 5.89 Å². The SMILES string of the molecule is Cc1nnc(NN)o1. The Kier molecular flexibility index (Phi) is 1.13. The zero-order valence-corrected chi connectivity index (χ0v) is 4.38. The maximum absolute atomic E-state index is 4.92. The van der Waals surface area contributed by atoms with E-state index in [0.29, 0.717) is 5.89 Å². The summed E-state index contributed by atoms with van der Waals surface area (Å²) in [5.74, 6) is 5.42. The number of nitrogens with two attached hydrogens (primary N) is 1. The van der Waals surface area contributed by atoms with Crippen LogP contribution in [-0.4, -0.2) is 10.2 Å². The van der Waals surface area contributed by atoms with E-state index in [1.807, 2.05) is 0 Å². The molecule has 0 saturated carbocycles. The molecule has 5 heteroatoms. The van der Waals surface area contributed by atoms with Crippen LogP contribution in [0.3, 0.4) is 0 Å².